The van der Waals surface area contributed by atoms with Crippen molar-refractivity contribution in [3.8, 4) is 0 Å². The van der Waals surface area contributed by atoms with Gasteiger partial charge >= 0.3 is 0 Å². The third-order valence-electron chi connectivity index (χ3n) is 2.84. The number of hydrogen-bond acceptors (Lipinski definition) is 3. The van der Waals surface area contributed by atoms with E-state index < -0.39 is 6.17 Å². The summed E-state index contributed by atoms with van der Waals surface area (Å²) < 4.78 is 18.3. The first-order valence-electron chi connectivity index (χ1n) is 4.82. The highest BCUT2D eigenvalue weighted by Gasteiger charge is 2.32. The first-order valence-corrected chi connectivity index (χ1v) is 4.82. The summed E-state index contributed by atoms with van der Waals surface area (Å²) in [4.78, 5) is 0. The maximum absolute atomic E-state index is 13.2. The normalized spacial score (nSPS) is 40.6. The van der Waals surface area contributed by atoms with Gasteiger partial charge in [0.1, 0.15) is 6.17 Å². The van der Waals surface area contributed by atoms with E-state index in [1.54, 1.807) is 0 Å². The maximum atomic E-state index is 13.2. The van der Waals surface area contributed by atoms with E-state index in [0.29, 0.717) is 13.0 Å². The van der Waals surface area contributed by atoms with Crippen molar-refractivity contribution in [1.29, 1.82) is 0 Å². The average Bonchev–Trinajstić information content (AvgIpc) is 2.09. The van der Waals surface area contributed by atoms with Gasteiger partial charge in [-0.3, -0.25) is 0 Å². The van der Waals surface area contributed by atoms with Crippen LogP contribution in [0.4, 0.5) is 4.39 Å². The standard InChI is InChI=1S/C9H19FN2O/c1-6-2-7(4-13-5-11)9(12)3-8(6)10/h6-9H,2-5,11-12H2,1H3. The second kappa shape index (κ2) is 4.88. The molecule has 4 heteroatoms. The number of nitrogens with two attached hydrogens (primary N) is 2. The summed E-state index contributed by atoms with van der Waals surface area (Å²) in [6.07, 6.45) is 0.520. The highest BCUT2D eigenvalue weighted by Crippen LogP contribution is 2.30. The van der Waals surface area contributed by atoms with Crippen molar-refractivity contribution in [2.24, 2.45) is 23.3 Å². The predicted octanol–water partition coefficient (Wildman–Crippen LogP) is 0.631. The zero-order chi connectivity index (χ0) is 9.84. The van der Waals surface area contributed by atoms with Gasteiger partial charge in [-0.15, -0.1) is 0 Å². The van der Waals surface area contributed by atoms with Crippen molar-refractivity contribution in [3.05, 3.63) is 0 Å². The molecule has 1 aliphatic carbocycles. The van der Waals surface area contributed by atoms with Crippen LogP contribution in [0.15, 0.2) is 0 Å². The van der Waals surface area contributed by atoms with Crippen molar-refractivity contribution in [2.45, 2.75) is 32.0 Å². The van der Waals surface area contributed by atoms with Gasteiger partial charge in [-0.2, -0.15) is 0 Å². The number of alkyl halides is 1. The molecule has 0 spiro atoms. The zero-order valence-electron chi connectivity index (χ0n) is 8.08. The Hall–Kier alpha value is -0.190. The lowest BCUT2D eigenvalue weighted by atomic mass is 9.78. The van der Waals surface area contributed by atoms with Gasteiger partial charge in [0.25, 0.3) is 0 Å². The van der Waals surface area contributed by atoms with Crippen molar-refractivity contribution >= 4 is 0 Å². The molecule has 0 heterocycles. The smallest absolute Gasteiger partial charge is 0.104 e. The van der Waals surface area contributed by atoms with E-state index in [0.717, 1.165) is 6.42 Å². The Morgan fingerprint density at radius 3 is 2.77 bits per heavy atom. The van der Waals surface area contributed by atoms with Crippen LogP contribution in [0.25, 0.3) is 0 Å². The molecule has 0 aromatic carbocycles. The Labute approximate surface area is 78.6 Å². The molecule has 78 valence electrons. The monoisotopic (exact) mass is 190 g/mol. The summed E-state index contributed by atoms with van der Waals surface area (Å²) >= 11 is 0. The second-order valence-electron chi connectivity index (χ2n) is 3.93. The van der Waals surface area contributed by atoms with Crippen LogP contribution >= 0.6 is 0 Å². The fourth-order valence-corrected chi connectivity index (χ4v) is 1.90. The lowest BCUT2D eigenvalue weighted by molar-refractivity contribution is 0.0442. The summed E-state index contributed by atoms with van der Waals surface area (Å²) in [6.45, 7) is 2.71. The number of ether oxygens (including phenoxy) is 1. The van der Waals surface area contributed by atoms with Crippen LogP contribution in [-0.4, -0.2) is 25.6 Å². The quantitative estimate of drug-likeness (QED) is 0.642. The lowest BCUT2D eigenvalue weighted by Gasteiger charge is -2.34. The number of halogens is 1. The second-order valence-corrected chi connectivity index (χ2v) is 3.93. The van der Waals surface area contributed by atoms with E-state index in [-0.39, 0.29) is 24.6 Å². The molecule has 13 heavy (non-hydrogen) atoms. The summed E-state index contributed by atoms with van der Waals surface area (Å²) in [5, 5.41) is 0. The highest BCUT2D eigenvalue weighted by molar-refractivity contribution is 4.86. The molecule has 4 unspecified atom stereocenters. The molecule has 4 N–H and O–H groups in total. The molecular weight excluding hydrogens is 171 g/mol. The van der Waals surface area contributed by atoms with Gasteiger partial charge < -0.3 is 16.2 Å². The molecule has 1 fully saturated rings. The first-order chi connectivity index (χ1) is 6.15. The minimum Gasteiger partial charge on any atom is -0.366 e. The molecule has 0 bridgehead atoms. The van der Waals surface area contributed by atoms with Gasteiger partial charge in [0.05, 0.1) is 13.3 Å². The van der Waals surface area contributed by atoms with Crippen molar-refractivity contribution in [2.75, 3.05) is 13.3 Å². The number of rotatable bonds is 3. The Bertz CT molecular complexity index is 157. The molecule has 0 radical (unpaired) electrons. The average molecular weight is 190 g/mol. The van der Waals surface area contributed by atoms with Gasteiger partial charge in [0.15, 0.2) is 0 Å². The van der Waals surface area contributed by atoms with E-state index >= 15 is 0 Å². The van der Waals surface area contributed by atoms with Gasteiger partial charge in [0, 0.05) is 6.04 Å². The Morgan fingerprint density at radius 1 is 1.46 bits per heavy atom. The predicted molar refractivity (Wildman–Crippen MR) is 49.8 cm³/mol. The van der Waals surface area contributed by atoms with E-state index in [9.17, 15) is 4.39 Å². The van der Waals surface area contributed by atoms with Crippen LogP contribution in [0.2, 0.25) is 0 Å². The minimum absolute atomic E-state index is 0.0715. The fourth-order valence-electron chi connectivity index (χ4n) is 1.90. The van der Waals surface area contributed by atoms with Crippen LogP contribution in [0, 0.1) is 11.8 Å². The summed E-state index contributed by atoms with van der Waals surface area (Å²) in [6, 6.07) is -0.0715. The van der Waals surface area contributed by atoms with E-state index in [4.69, 9.17) is 16.2 Å². The van der Waals surface area contributed by atoms with Gasteiger partial charge in [-0.05, 0) is 24.7 Å². The first kappa shape index (κ1) is 10.9. The van der Waals surface area contributed by atoms with Crippen LogP contribution in [0.1, 0.15) is 19.8 Å². The van der Waals surface area contributed by atoms with Crippen LogP contribution < -0.4 is 11.5 Å². The molecule has 1 aliphatic rings. The molecule has 0 aromatic rings. The van der Waals surface area contributed by atoms with Crippen molar-refractivity contribution < 1.29 is 9.13 Å². The lowest BCUT2D eigenvalue weighted by Crippen LogP contribution is -2.43. The highest BCUT2D eigenvalue weighted by atomic mass is 19.1. The van der Waals surface area contributed by atoms with Crippen LogP contribution in [0.5, 0.6) is 0 Å². The van der Waals surface area contributed by atoms with Crippen molar-refractivity contribution in [1.82, 2.24) is 0 Å². The maximum Gasteiger partial charge on any atom is 0.104 e. The molecule has 3 nitrogen and oxygen atoms in total. The molecular formula is C9H19FN2O. The van der Waals surface area contributed by atoms with E-state index in [1.807, 2.05) is 6.92 Å². The summed E-state index contributed by atoms with van der Waals surface area (Å²) in [7, 11) is 0. The molecule has 1 saturated carbocycles. The minimum atomic E-state index is -0.746. The molecule has 0 aromatic heterocycles. The Kier molecular flexibility index (Phi) is 4.09. The third kappa shape index (κ3) is 2.90. The zero-order valence-corrected chi connectivity index (χ0v) is 8.08. The van der Waals surface area contributed by atoms with E-state index in [1.165, 1.54) is 0 Å². The fraction of sp³-hybridized carbons (Fsp3) is 1.00. The molecule has 1 rings (SSSR count). The third-order valence-corrected chi connectivity index (χ3v) is 2.84. The topological polar surface area (TPSA) is 61.3 Å². The summed E-state index contributed by atoms with van der Waals surface area (Å²) in [5.74, 6) is 0.372. The van der Waals surface area contributed by atoms with Crippen LogP contribution in [0.3, 0.4) is 0 Å². The van der Waals surface area contributed by atoms with Gasteiger partial charge in [0.2, 0.25) is 0 Å². The van der Waals surface area contributed by atoms with Gasteiger partial charge in [-0.25, -0.2) is 4.39 Å². The molecule has 0 aliphatic heterocycles. The molecule has 0 saturated heterocycles. The summed E-state index contributed by atoms with van der Waals surface area (Å²) in [5.41, 5.74) is 11.0. The largest absolute Gasteiger partial charge is 0.366 e. The Morgan fingerprint density at radius 2 is 2.15 bits per heavy atom. The van der Waals surface area contributed by atoms with Crippen LogP contribution in [-0.2, 0) is 4.74 Å². The van der Waals surface area contributed by atoms with E-state index in [2.05, 4.69) is 0 Å². The van der Waals surface area contributed by atoms with Crippen molar-refractivity contribution in [3.63, 3.8) is 0 Å². The molecule has 4 atom stereocenters. The Balaban J connectivity index is 2.37. The number of hydrogen-bond donors (Lipinski definition) is 2. The molecule has 0 amide bonds. The SMILES string of the molecule is CC1CC(COCN)C(N)CC1F. The van der Waals surface area contributed by atoms with Gasteiger partial charge in [-0.1, -0.05) is 6.92 Å².